The van der Waals surface area contributed by atoms with Crippen molar-refractivity contribution in [3.05, 3.63) is 83.6 Å². The smallest absolute Gasteiger partial charge is 0.334 e. The van der Waals surface area contributed by atoms with Crippen molar-refractivity contribution < 1.29 is 19.1 Å². The summed E-state index contributed by atoms with van der Waals surface area (Å²) in [6.07, 6.45) is 1.23. The van der Waals surface area contributed by atoms with Crippen molar-refractivity contribution in [2.75, 3.05) is 13.2 Å². The monoisotopic (exact) mass is 417 g/mol. The predicted molar refractivity (Wildman–Crippen MR) is 120 cm³/mol. The van der Waals surface area contributed by atoms with Gasteiger partial charge in [0, 0.05) is 28.1 Å². The number of rotatable bonds is 7. The van der Waals surface area contributed by atoms with Gasteiger partial charge in [0.2, 0.25) is 0 Å². The summed E-state index contributed by atoms with van der Waals surface area (Å²) in [5.41, 5.74) is 2.88. The van der Waals surface area contributed by atoms with Crippen LogP contribution in [0.25, 0.3) is 10.9 Å². The fourth-order valence-electron chi connectivity index (χ4n) is 4.93. The van der Waals surface area contributed by atoms with Crippen LogP contribution in [-0.4, -0.2) is 30.1 Å². The third kappa shape index (κ3) is 3.34. The predicted octanol–water partition coefficient (Wildman–Crippen LogP) is 4.82. The maximum atomic E-state index is 13.7. The standard InChI is InChI=1S/C26H27NO4/c1-4-30-24(28)17(3)22(18-11-7-6-8-12-18)26(25(29)31-5-2)16-15-20-19-13-9-10-14-21(19)27-23(20)26/h6-14,22,27H,3-5,15-16H2,1-2H3/t22-,26+/m0/s1. The summed E-state index contributed by atoms with van der Waals surface area (Å²) < 4.78 is 10.9. The third-order valence-electron chi connectivity index (χ3n) is 6.18. The molecule has 31 heavy (non-hydrogen) atoms. The molecule has 0 fully saturated rings. The van der Waals surface area contributed by atoms with Gasteiger partial charge in [0.15, 0.2) is 0 Å². The normalized spacial score (nSPS) is 18.4. The summed E-state index contributed by atoms with van der Waals surface area (Å²) in [6.45, 7) is 8.16. The molecule has 5 heteroatoms. The topological polar surface area (TPSA) is 68.4 Å². The highest BCUT2D eigenvalue weighted by Gasteiger charge is 2.56. The highest BCUT2D eigenvalue weighted by atomic mass is 16.5. The molecule has 1 aliphatic carbocycles. The molecule has 4 rings (SSSR count). The van der Waals surface area contributed by atoms with Crippen molar-refractivity contribution >= 4 is 22.8 Å². The van der Waals surface area contributed by atoms with E-state index < -0.39 is 17.3 Å². The van der Waals surface area contributed by atoms with E-state index in [0.29, 0.717) is 12.8 Å². The Balaban J connectivity index is 1.97. The van der Waals surface area contributed by atoms with Crippen molar-refractivity contribution in [3.8, 4) is 0 Å². The Kier molecular flexibility index (Phi) is 5.68. The average Bonchev–Trinajstić information content (AvgIpc) is 3.33. The largest absolute Gasteiger partial charge is 0.465 e. The first-order valence-electron chi connectivity index (χ1n) is 10.7. The van der Waals surface area contributed by atoms with Crippen LogP contribution in [0.2, 0.25) is 0 Å². The van der Waals surface area contributed by atoms with Crippen LogP contribution in [-0.2, 0) is 30.9 Å². The van der Waals surface area contributed by atoms with Gasteiger partial charge in [-0.15, -0.1) is 0 Å². The number of aromatic amines is 1. The van der Waals surface area contributed by atoms with E-state index >= 15 is 0 Å². The molecular formula is C26H27NO4. The number of esters is 2. The second-order valence-corrected chi connectivity index (χ2v) is 7.81. The van der Waals surface area contributed by atoms with E-state index in [-0.39, 0.29) is 24.8 Å². The summed E-state index contributed by atoms with van der Waals surface area (Å²) in [7, 11) is 0. The van der Waals surface area contributed by atoms with Crippen molar-refractivity contribution in [3.63, 3.8) is 0 Å². The van der Waals surface area contributed by atoms with E-state index in [1.54, 1.807) is 13.8 Å². The van der Waals surface area contributed by atoms with Crippen LogP contribution in [0.15, 0.2) is 66.7 Å². The Morgan fingerprint density at radius 3 is 2.42 bits per heavy atom. The molecule has 160 valence electrons. The third-order valence-corrected chi connectivity index (χ3v) is 6.18. The summed E-state index contributed by atoms with van der Waals surface area (Å²) in [4.78, 5) is 30.0. The van der Waals surface area contributed by atoms with E-state index in [1.165, 1.54) is 0 Å². The van der Waals surface area contributed by atoms with Gasteiger partial charge >= 0.3 is 11.9 Å². The molecule has 3 aromatic rings. The lowest BCUT2D eigenvalue weighted by molar-refractivity contribution is -0.151. The molecule has 0 saturated heterocycles. The van der Waals surface area contributed by atoms with Crippen molar-refractivity contribution in [1.82, 2.24) is 4.98 Å². The number of hydrogen-bond acceptors (Lipinski definition) is 4. The van der Waals surface area contributed by atoms with Crippen LogP contribution in [0.3, 0.4) is 0 Å². The Hall–Kier alpha value is -3.34. The van der Waals surface area contributed by atoms with Gasteiger partial charge in [-0.3, -0.25) is 4.79 Å². The number of ether oxygens (including phenoxy) is 2. The number of H-pyrrole nitrogens is 1. The first-order valence-corrected chi connectivity index (χ1v) is 10.7. The van der Waals surface area contributed by atoms with Gasteiger partial charge in [-0.1, -0.05) is 55.1 Å². The van der Waals surface area contributed by atoms with Crippen LogP contribution >= 0.6 is 0 Å². The second-order valence-electron chi connectivity index (χ2n) is 7.81. The zero-order chi connectivity index (χ0) is 22.0. The number of carbonyl (C=O) groups excluding carboxylic acids is 2. The van der Waals surface area contributed by atoms with E-state index in [1.807, 2.05) is 48.5 Å². The van der Waals surface area contributed by atoms with Gasteiger partial charge in [-0.05, 0) is 43.9 Å². The molecular weight excluding hydrogens is 390 g/mol. The highest BCUT2D eigenvalue weighted by molar-refractivity contribution is 5.97. The molecule has 1 heterocycles. The molecule has 1 N–H and O–H groups in total. The van der Waals surface area contributed by atoms with E-state index in [9.17, 15) is 9.59 Å². The van der Waals surface area contributed by atoms with Gasteiger partial charge in [0.25, 0.3) is 0 Å². The maximum Gasteiger partial charge on any atom is 0.334 e. The molecule has 1 aliphatic rings. The SMILES string of the molecule is C=C(C(=O)OCC)[C@@H](c1ccccc1)[C@]1(C(=O)OCC)CCc2c1[nH]c1ccccc21. The van der Waals surface area contributed by atoms with Crippen LogP contribution in [0.4, 0.5) is 0 Å². The Morgan fingerprint density at radius 1 is 1.03 bits per heavy atom. The lowest BCUT2D eigenvalue weighted by Crippen LogP contribution is -2.43. The van der Waals surface area contributed by atoms with Crippen LogP contribution in [0.1, 0.15) is 43.0 Å². The van der Waals surface area contributed by atoms with Gasteiger partial charge in [-0.2, -0.15) is 0 Å². The van der Waals surface area contributed by atoms with Crippen LogP contribution in [0.5, 0.6) is 0 Å². The molecule has 2 atom stereocenters. The first kappa shape index (κ1) is 20.9. The average molecular weight is 418 g/mol. The molecule has 5 nitrogen and oxygen atoms in total. The first-order chi connectivity index (χ1) is 15.0. The van der Waals surface area contributed by atoms with Gasteiger partial charge in [0.05, 0.1) is 13.2 Å². The molecule has 0 amide bonds. The number of para-hydroxylation sites is 1. The molecule has 0 unspecified atom stereocenters. The highest BCUT2D eigenvalue weighted by Crippen LogP contribution is 2.53. The second kappa shape index (κ2) is 8.42. The number of fused-ring (bicyclic) bond motifs is 3. The molecule has 0 aliphatic heterocycles. The van der Waals surface area contributed by atoms with E-state index in [0.717, 1.165) is 27.7 Å². The molecule has 0 saturated carbocycles. The number of aromatic nitrogens is 1. The quantitative estimate of drug-likeness (QED) is 0.442. The van der Waals surface area contributed by atoms with Crippen molar-refractivity contribution in [2.45, 2.75) is 38.0 Å². The minimum Gasteiger partial charge on any atom is -0.465 e. The number of nitrogens with one attached hydrogen (secondary N) is 1. The van der Waals surface area contributed by atoms with Crippen LogP contribution < -0.4 is 0 Å². The van der Waals surface area contributed by atoms with Gasteiger partial charge < -0.3 is 14.5 Å². The Labute approximate surface area is 182 Å². The summed E-state index contributed by atoms with van der Waals surface area (Å²) in [6, 6.07) is 17.6. The molecule has 2 aromatic carbocycles. The summed E-state index contributed by atoms with van der Waals surface area (Å²) in [5.74, 6) is -1.45. The fraction of sp³-hybridized carbons (Fsp3) is 0.308. The van der Waals surface area contributed by atoms with Crippen molar-refractivity contribution in [2.24, 2.45) is 0 Å². The lowest BCUT2D eigenvalue weighted by atomic mass is 9.67. The van der Waals surface area contributed by atoms with Crippen LogP contribution in [0, 0.1) is 0 Å². The number of aryl methyl sites for hydroxylation is 1. The van der Waals surface area contributed by atoms with E-state index in [2.05, 4.69) is 17.6 Å². The molecule has 0 radical (unpaired) electrons. The van der Waals surface area contributed by atoms with Gasteiger partial charge in [0.1, 0.15) is 5.41 Å². The fourth-order valence-corrected chi connectivity index (χ4v) is 4.93. The number of benzene rings is 2. The zero-order valence-corrected chi connectivity index (χ0v) is 17.9. The Morgan fingerprint density at radius 2 is 1.71 bits per heavy atom. The lowest BCUT2D eigenvalue weighted by Gasteiger charge is -2.36. The number of carbonyl (C=O) groups is 2. The molecule has 0 spiro atoms. The zero-order valence-electron chi connectivity index (χ0n) is 17.9. The minimum atomic E-state index is -1.09. The maximum absolute atomic E-state index is 13.7. The molecule has 1 aromatic heterocycles. The minimum absolute atomic E-state index is 0.239. The Bertz CT molecular complexity index is 1130. The van der Waals surface area contributed by atoms with Crippen molar-refractivity contribution in [1.29, 1.82) is 0 Å². The molecule has 0 bridgehead atoms. The van der Waals surface area contributed by atoms with Gasteiger partial charge in [-0.25, -0.2) is 4.79 Å². The summed E-state index contributed by atoms with van der Waals surface area (Å²) in [5, 5.41) is 1.09. The summed E-state index contributed by atoms with van der Waals surface area (Å²) >= 11 is 0. The van der Waals surface area contributed by atoms with E-state index in [4.69, 9.17) is 9.47 Å². The number of hydrogen-bond donors (Lipinski definition) is 1.